The van der Waals surface area contributed by atoms with Crippen molar-refractivity contribution >= 4 is 26.7 Å². The molecule has 0 spiro atoms. The first-order valence-electron chi connectivity index (χ1n) is 6.92. The molecular weight excluding hydrogens is 300 g/mol. The van der Waals surface area contributed by atoms with Crippen molar-refractivity contribution in [1.82, 2.24) is 0 Å². The molecule has 1 nitrogen and oxygen atoms in total. The summed E-state index contributed by atoms with van der Waals surface area (Å²) in [7, 11) is 0. The van der Waals surface area contributed by atoms with Crippen molar-refractivity contribution in [3.63, 3.8) is 0 Å². The van der Waals surface area contributed by atoms with Gasteiger partial charge in [0.2, 0.25) is 0 Å². The zero-order valence-electron chi connectivity index (χ0n) is 11.4. The zero-order chi connectivity index (χ0) is 13.4. The van der Waals surface area contributed by atoms with E-state index < -0.39 is 0 Å². The molecule has 2 heteroatoms. The number of benzene rings is 2. The van der Waals surface area contributed by atoms with Crippen molar-refractivity contribution in [3.05, 3.63) is 47.5 Å². The Morgan fingerprint density at radius 2 is 2.00 bits per heavy atom. The number of hydrogen-bond acceptors (Lipinski definition) is 1. The molecule has 0 N–H and O–H groups in total. The molecule has 100 valence electrons. The summed E-state index contributed by atoms with van der Waals surface area (Å²) >= 11 is 3.95. The molecule has 1 aliphatic heterocycles. The van der Waals surface area contributed by atoms with E-state index in [-0.39, 0.29) is 0 Å². The van der Waals surface area contributed by atoms with Gasteiger partial charge < -0.3 is 4.74 Å². The highest BCUT2D eigenvalue weighted by Crippen LogP contribution is 2.43. The summed E-state index contributed by atoms with van der Waals surface area (Å²) in [4.78, 5) is 0.371. The molecule has 1 heterocycles. The number of aryl methyl sites for hydroxylation is 1. The third kappa shape index (κ3) is 2.32. The van der Waals surface area contributed by atoms with Gasteiger partial charge in [-0.25, -0.2) is 0 Å². The quantitative estimate of drug-likeness (QED) is 0.707. The second-order valence-electron chi connectivity index (χ2n) is 5.45. The molecule has 0 aromatic heterocycles. The number of alkyl halides is 1. The number of ether oxygens (including phenoxy) is 1. The molecule has 1 saturated heterocycles. The molecule has 1 aliphatic rings. The van der Waals surface area contributed by atoms with Gasteiger partial charge in [0, 0.05) is 17.4 Å². The number of hydrogen-bond donors (Lipinski definition) is 0. The normalized spacial score (nSPS) is 24.8. The summed E-state index contributed by atoms with van der Waals surface area (Å²) in [5, 5.41) is 2.68. The Labute approximate surface area is 123 Å². The third-order valence-electron chi connectivity index (χ3n) is 4.28. The zero-order valence-corrected chi connectivity index (χ0v) is 13.0. The van der Waals surface area contributed by atoms with E-state index in [9.17, 15) is 0 Å². The molecule has 2 aromatic carbocycles. The van der Waals surface area contributed by atoms with Gasteiger partial charge in [0.25, 0.3) is 0 Å². The summed E-state index contributed by atoms with van der Waals surface area (Å²) in [6.07, 6.45) is 1.47. The maximum atomic E-state index is 5.73. The van der Waals surface area contributed by atoms with Crippen molar-refractivity contribution < 1.29 is 4.74 Å². The van der Waals surface area contributed by atoms with Crippen molar-refractivity contribution in [2.45, 2.75) is 31.2 Å². The number of halogens is 1. The summed E-state index contributed by atoms with van der Waals surface area (Å²) in [6.45, 7) is 5.28. The molecule has 0 bridgehead atoms. The summed E-state index contributed by atoms with van der Waals surface area (Å²) in [5.41, 5.74) is 2.79. The van der Waals surface area contributed by atoms with Crippen LogP contribution in [-0.4, -0.2) is 12.7 Å². The van der Waals surface area contributed by atoms with Crippen LogP contribution in [0, 0.1) is 12.8 Å². The van der Waals surface area contributed by atoms with Gasteiger partial charge in [-0.1, -0.05) is 52.3 Å². The number of fused-ring (bicyclic) bond motifs is 1. The van der Waals surface area contributed by atoms with Crippen LogP contribution in [0.3, 0.4) is 0 Å². The van der Waals surface area contributed by atoms with Gasteiger partial charge in [-0.3, -0.25) is 0 Å². The molecule has 3 atom stereocenters. The number of rotatable bonds is 2. The van der Waals surface area contributed by atoms with E-state index in [1.807, 2.05) is 0 Å². The SMILES string of the molecule is Cc1ccc2ccccc2c1C(Br)C1CCOC1C. The molecule has 3 unspecified atom stereocenters. The van der Waals surface area contributed by atoms with E-state index in [0.717, 1.165) is 13.0 Å². The van der Waals surface area contributed by atoms with Crippen LogP contribution in [0.1, 0.15) is 29.3 Å². The van der Waals surface area contributed by atoms with Gasteiger partial charge in [-0.15, -0.1) is 0 Å². The van der Waals surface area contributed by atoms with Crippen LogP contribution in [0.5, 0.6) is 0 Å². The predicted molar refractivity (Wildman–Crippen MR) is 83.9 cm³/mol. The Bertz CT molecular complexity index is 593. The highest BCUT2D eigenvalue weighted by molar-refractivity contribution is 9.09. The third-order valence-corrected chi connectivity index (χ3v) is 5.41. The highest BCUT2D eigenvalue weighted by atomic mass is 79.9. The van der Waals surface area contributed by atoms with Crippen LogP contribution >= 0.6 is 15.9 Å². The average molecular weight is 319 g/mol. The first-order valence-corrected chi connectivity index (χ1v) is 7.84. The minimum Gasteiger partial charge on any atom is -0.378 e. The van der Waals surface area contributed by atoms with Crippen molar-refractivity contribution in [3.8, 4) is 0 Å². The lowest BCUT2D eigenvalue weighted by Gasteiger charge is -2.24. The van der Waals surface area contributed by atoms with E-state index in [0.29, 0.717) is 16.8 Å². The summed E-state index contributed by atoms with van der Waals surface area (Å²) in [6, 6.07) is 13.1. The van der Waals surface area contributed by atoms with E-state index in [1.54, 1.807) is 0 Å². The Morgan fingerprint density at radius 1 is 1.21 bits per heavy atom. The first-order chi connectivity index (χ1) is 9.18. The molecular formula is C17H19BrO. The van der Waals surface area contributed by atoms with Crippen LogP contribution in [-0.2, 0) is 4.74 Å². The Balaban J connectivity index is 2.10. The Kier molecular flexibility index (Phi) is 3.64. The average Bonchev–Trinajstić information content (AvgIpc) is 2.84. The lowest BCUT2D eigenvalue weighted by molar-refractivity contribution is 0.105. The Morgan fingerprint density at radius 3 is 2.74 bits per heavy atom. The topological polar surface area (TPSA) is 9.23 Å². The van der Waals surface area contributed by atoms with E-state index >= 15 is 0 Å². The van der Waals surface area contributed by atoms with Crippen LogP contribution < -0.4 is 0 Å². The van der Waals surface area contributed by atoms with Gasteiger partial charge in [0.1, 0.15) is 0 Å². The minimum atomic E-state index is 0.336. The maximum absolute atomic E-state index is 5.73. The molecule has 0 amide bonds. The molecule has 2 aromatic rings. The Hall–Kier alpha value is -0.860. The molecule has 3 rings (SSSR count). The highest BCUT2D eigenvalue weighted by Gasteiger charge is 2.32. The fourth-order valence-corrected chi connectivity index (χ4v) is 4.42. The lowest BCUT2D eigenvalue weighted by Crippen LogP contribution is -2.17. The summed E-state index contributed by atoms with van der Waals surface area (Å²) in [5.74, 6) is 0.560. The second-order valence-corrected chi connectivity index (χ2v) is 6.43. The van der Waals surface area contributed by atoms with E-state index in [4.69, 9.17) is 4.74 Å². The lowest BCUT2D eigenvalue weighted by atomic mass is 9.88. The van der Waals surface area contributed by atoms with Crippen molar-refractivity contribution in [2.75, 3.05) is 6.61 Å². The molecule has 0 radical (unpaired) electrons. The first kappa shape index (κ1) is 13.1. The van der Waals surface area contributed by atoms with Crippen molar-refractivity contribution in [2.24, 2.45) is 5.92 Å². The van der Waals surface area contributed by atoms with E-state index in [1.165, 1.54) is 21.9 Å². The smallest absolute Gasteiger partial charge is 0.0589 e. The van der Waals surface area contributed by atoms with E-state index in [2.05, 4.69) is 66.2 Å². The summed E-state index contributed by atoms with van der Waals surface area (Å²) < 4.78 is 5.73. The van der Waals surface area contributed by atoms with Gasteiger partial charge in [-0.2, -0.15) is 0 Å². The molecule has 1 fully saturated rings. The standard InChI is InChI=1S/C17H19BrO/c1-11-7-8-13-5-3-4-6-15(13)16(11)17(18)14-9-10-19-12(14)2/h3-8,12,14,17H,9-10H2,1-2H3. The van der Waals surface area contributed by atoms with Crippen LogP contribution in [0.2, 0.25) is 0 Å². The van der Waals surface area contributed by atoms with Gasteiger partial charge in [0.05, 0.1) is 6.10 Å². The molecule has 19 heavy (non-hydrogen) atoms. The van der Waals surface area contributed by atoms with Crippen LogP contribution in [0.25, 0.3) is 10.8 Å². The fraction of sp³-hybridized carbons (Fsp3) is 0.412. The van der Waals surface area contributed by atoms with Crippen LogP contribution in [0.4, 0.5) is 0 Å². The maximum Gasteiger partial charge on any atom is 0.0589 e. The fourth-order valence-electron chi connectivity index (χ4n) is 3.12. The van der Waals surface area contributed by atoms with Gasteiger partial charge in [0.15, 0.2) is 0 Å². The predicted octanol–water partition coefficient (Wildman–Crippen LogP) is 5.01. The second kappa shape index (κ2) is 5.26. The van der Waals surface area contributed by atoms with Gasteiger partial charge in [-0.05, 0) is 42.2 Å². The van der Waals surface area contributed by atoms with Crippen LogP contribution in [0.15, 0.2) is 36.4 Å². The van der Waals surface area contributed by atoms with Gasteiger partial charge >= 0.3 is 0 Å². The molecule has 0 saturated carbocycles. The largest absolute Gasteiger partial charge is 0.378 e. The monoisotopic (exact) mass is 318 g/mol. The molecule has 0 aliphatic carbocycles. The minimum absolute atomic E-state index is 0.336. The van der Waals surface area contributed by atoms with Crippen molar-refractivity contribution in [1.29, 1.82) is 0 Å².